The van der Waals surface area contributed by atoms with E-state index < -0.39 is 0 Å². The Bertz CT molecular complexity index is 3070. The van der Waals surface area contributed by atoms with Gasteiger partial charge in [-0.3, -0.25) is 0 Å². The summed E-state index contributed by atoms with van der Waals surface area (Å²) < 4.78 is 4.00. The third-order valence-corrected chi connectivity index (χ3v) is 14.4. The average Bonchev–Trinajstić information content (AvgIpc) is 3.85. The summed E-state index contributed by atoms with van der Waals surface area (Å²) in [7, 11) is 0. The number of aromatic nitrogens is 2. The van der Waals surface area contributed by atoms with Crippen molar-refractivity contribution in [1.82, 2.24) is 9.97 Å². The van der Waals surface area contributed by atoms with Gasteiger partial charge in [0.1, 0.15) is 5.82 Å². The smallest absolute Gasteiger partial charge is 0.137 e. The van der Waals surface area contributed by atoms with Crippen molar-refractivity contribution in [3.05, 3.63) is 203 Å². The van der Waals surface area contributed by atoms with E-state index in [4.69, 9.17) is 9.97 Å². The van der Waals surface area contributed by atoms with Gasteiger partial charge in [-0.15, -0.1) is 22.7 Å². The standard InChI is InChI=1S/C53H38N2S2/c1-53(40-25-27-51-44(32-40)42-17-9-11-19-49(42)57-51)29-28-39(38-24-26-50-43(30-38)41-16-8-10-18-48(41)56-50)31-45(53)52-54-46(36-14-6-3-7-15-36)33-47(55-52)37-22-20-35(21-23-37)34-12-4-2-5-13-34/h2-24,26,28-33,45H,25,27H2,1H3. The van der Waals surface area contributed by atoms with E-state index in [2.05, 4.69) is 189 Å². The Kier molecular flexibility index (Phi) is 8.23. The summed E-state index contributed by atoms with van der Waals surface area (Å²) in [6.07, 6.45) is 11.8. The van der Waals surface area contributed by atoms with Crippen LogP contribution in [0.4, 0.5) is 0 Å². The van der Waals surface area contributed by atoms with Crippen LogP contribution in [0.2, 0.25) is 0 Å². The van der Waals surface area contributed by atoms with E-state index >= 15 is 0 Å². The molecule has 3 aromatic heterocycles. The second-order valence-corrected chi connectivity index (χ2v) is 17.7. The predicted molar refractivity (Wildman–Crippen MR) is 244 cm³/mol. The third-order valence-electron chi connectivity index (χ3n) is 12.0. The lowest BCUT2D eigenvalue weighted by molar-refractivity contribution is 0.425. The van der Waals surface area contributed by atoms with Gasteiger partial charge in [-0.25, -0.2) is 9.97 Å². The Morgan fingerprint density at radius 2 is 1.11 bits per heavy atom. The van der Waals surface area contributed by atoms with Crippen LogP contribution >= 0.6 is 22.7 Å². The van der Waals surface area contributed by atoms with Gasteiger partial charge in [0.25, 0.3) is 0 Å². The monoisotopic (exact) mass is 766 g/mol. The van der Waals surface area contributed by atoms with E-state index in [1.807, 2.05) is 22.7 Å². The first kappa shape index (κ1) is 34.1. The molecule has 2 atom stereocenters. The van der Waals surface area contributed by atoms with E-state index in [1.54, 1.807) is 0 Å². The van der Waals surface area contributed by atoms with E-state index in [0.29, 0.717) is 0 Å². The molecule has 2 nitrogen and oxygen atoms in total. The first-order chi connectivity index (χ1) is 28.1. The van der Waals surface area contributed by atoms with Gasteiger partial charge in [0.15, 0.2) is 0 Å². The number of fused-ring (bicyclic) bond motifs is 6. The van der Waals surface area contributed by atoms with Crippen LogP contribution in [-0.4, -0.2) is 9.97 Å². The molecule has 2 aliphatic rings. The molecule has 0 radical (unpaired) electrons. The fraction of sp³-hybridized carbons (Fsp3) is 0.0943. The van der Waals surface area contributed by atoms with Gasteiger partial charge in [-0.2, -0.15) is 0 Å². The molecule has 0 spiro atoms. The van der Waals surface area contributed by atoms with E-state index in [9.17, 15) is 0 Å². The van der Waals surface area contributed by atoms with Gasteiger partial charge in [-0.1, -0.05) is 164 Å². The highest BCUT2D eigenvalue weighted by molar-refractivity contribution is 7.25. The summed E-state index contributed by atoms with van der Waals surface area (Å²) in [6, 6.07) is 56.7. The average molecular weight is 767 g/mol. The van der Waals surface area contributed by atoms with Gasteiger partial charge in [-0.05, 0) is 76.4 Å². The second-order valence-electron chi connectivity index (χ2n) is 15.4. The molecule has 57 heavy (non-hydrogen) atoms. The molecule has 2 aliphatic carbocycles. The largest absolute Gasteiger partial charge is 0.232 e. The first-order valence-electron chi connectivity index (χ1n) is 19.7. The molecular formula is C53H38N2S2. The van der Waals surface area contributed by atoms with Crippen molar-refractivity contribution in [2.45, 2.75) is 25.7 Å². The molecule has 272 valence electrons. The molecule has 0 amide bonds. The lowest BCUT2D eigenvalue weighted by Crippen LogP contribution is -2.29. The van der Waals surface area contributed by atoms with Crippen LogP contribution < -0.4 is 0 Å². The van der Waals surface area contributed by atoms with Gasteiger partial charge in [0.2, 0.25) is 0 Å². The SMILES string of the molecule is CC1(C2=Cc3c(sc4ccccc34)CC2)C=CC(c2ccc3sc4ccccc4c3c2)=CC1c1nc(-c2ccccc2)cc(-c2ccc(-c3ccccc3)cc2)n1. The third kappa shape index (κ3) is 5.99. The van der Waals surface area contributed by atoms with Crippen LogP contribution in [-0.2, 0) is 6.42 Å². The number of hydrogen-bond donors (Lipinski definition) is 0. The summed E-state index contributed by atoms with van der Waals surface area (Å²) in [4.78, 5) is 12.5. The summed E-state index contributed by atoms with van der Waals surface area (Å²) in [5, 5.41) is 3.97. The van der Waals surface area contributed by atoms with Crippen LogP contribution in [0.5, 0.6) is 0 Å². The molecule has 4 heteroatoms. The van der Waals surface area contributed by atoms with Crippen LogP contribution in [0.25, 0.3) is 75.5 Å². The molecule has 6 aromatic carbocycles. The molecule has 0 N–H and O–H groups in total. The number of aryl methyl sites for hydroxylation is 1. The van der Waals surface area contributed by atoms with Crippen molar-refractivity contribution in [3.8, 4) is 33.6 Å². The molecule has 0 fully saturated rings. The van der Waals surface area contributed by atoms with Crippen LogP contribution in [0.1, 0.15) is 41.1 Å². The number of benzene rings is 6. The van der Waals surface area contributed by atoms with Crippen molar-refractivity contribution in [3.63, 3.8) is 0 Å². The highest BCUT2D eigenvalue weighted by Crippen LogP contribution is 2.52. The van der Waals surface area contributed by atoms with Crippen LogP contribution in [0, 0.1) is 5.41 Å². The Morgan fingerprint density at radius 3 is 1.86 bits per heavy atom. The van der Waals surface area contributed by atoms with Crippen molar-refractivity contribution >= 4 is 64.6 Å². The van der Waals surface area contributed by atoms with E-state index in [-0.39, 0.29) is 11.3 Å². The lowest BCUT2D eigenvalue weighted by atomic mass is 9.65. The number of rotatable bonds is 6. The minimum absolute atomic E-state index is 0.115. The van der Waals surface area contributed by atoms with Gasteiger partial charge in [0.05, 0.1) is 17.3 Å². The minimum Gasteiger partial charge on any atom is -0.232 e. The maximum absolute atomic E-state index is 5.53. The van der Waals surface area contributed by atoms with Crippen molar-refractivity contribution in [1.29, 1.82) is 0 Å². The maximum atomic E-state index is 5.53. The fourth-order valence-electron chi connectivity index (χ4n) is 8.88. The van der Waals surface area contributed by atoms with Gasteiger partial charge < -0.3 is 0 Å². The number of allylic oxidation sites excluding steroid dienone is 5. The second kappa shape index (κ2) is 13.8. The Hall–Kier alpha value is -6.20. The summed E-state index contributed by atoms with van der Waals surface area (Å²) >= 11 is 3.81. The Balaban J connectivity index is 1.09. The summed E-state index contributed by atoms with van der Waals surface area (Å²) in [6.45, 7) is 2.41. The van der Waals surface area contributed by atoms with Crippen LogP contribution in [0.3, 0.4) is 0 Å². The molecule has 0 bridgehead atoms. The molecule has 0 saturated heterocycles. The predicted octanol–water partition coefficient (Wildman–Crippen LogP) is 14.8. The minimum atomic E-state index is -0.354. The van der Waals surface area contributed by atoms with Gasteiger partial charge in [0, 0.05) is 46.3 Å². The summed E-state index contributed by atoms with van der Waals surface area (Å²) in [5.41, 5.74) is 11.3. The number of hydrogen-bond acceptors (Lipinski definition) is 4. The normalized spacial score (nSPS) is 17.8. The molecule has 3 heterocycles. The Morgan fingerprint density at radius 1 is 0.526 bits per heavy atom. The zero-order valence-electron chi connectivity index (χ0n) is 31.5. The molecular weight excluding hydrogens is 729 g/mol. The topological polar surface area (TPSA) is 25.8 Å². The quantitative estimate of drug-likeness (QED) is 0.168. The highest BCUT2D eigenvalue weighted by Gasteiger charge is 2.41. The number of nitrogens with zero attached hydrogens (tertiary/aromatic N) is 2. The molecule has 11 rings (SSSR count). The molecule has 2 unspecified atom stereocenters. The van der Waals surface area contributed by atoms with Crippen molar-refractivity contribution in [2.75, 3.05) is 0 Å². The zero-order valence-corrected chi connectivity index (χ0v) is 33.2. The summed E-state index contributed by atoms with van der Waals surface area (Å²) in [5.74, 6) is 0.725. The van der Waals surface area contributed by atoms with Crippen molar-refractivity contribution in [2.24, 2.45) is 5.41 Å². The molecule has 9 aromatic rings. The molecule has 0 aliphatic heterocycles. The van der Waals surface area contributed by atoms with Crippen molar-refractivity contribution < 1.29 is 0 Å². The highest BCUT2D eigenvalue weighted by atomic mass is 32.1. The van der Waals surface area contributed by atoms with Gasteiger partial charge >= 0.3 is 0 Å². The first-order valence-corrected chi connectivity index (χ1v) is 21.4. The molecule has 0 saturated carbocycles. The van der Waals surface area contributed by atoms with E-state index in [0.717, 1.165) is 41.2 Å². The zero-order chi connectivity index (χ0) is 37.9. The maximum Gasteiger partial charge on any atom is 0.137 e. The van der Waals surface area contributed by atoms with E-state index in [1.165, 1.54) is 68.5 Å². The lowest BCUT2D eigenvalue weighted by Gasteiger charge is -2.39. The Labute approximate surface area is 340 Å². The number of thiophene rings is 2. The fourth-order valence-corrected chi connectivity index (χ4v) is 11.1. The van der Waals surface area contributed by atoms with Crippen LogP contribution in [0.15, 0.2) is 182 Å².